The molecule has 2 aromatic heterocycles. The van der Waals surface area contributed by atoms with Gasteiger partial charge in [-0.2, -0.15) is 22.7 Å². The molecule has 1 aliphatic heterocycles. The highest BCUT2D eigenvalue weighted by molar-refractivity contribution is 5.82. The Bertz CT molecular complexity index is 1010. The molecule has 3 heterocycles. The predicted octanol–water partition coefficient (Wildman–Crippen LogP) is 0.338. The summed E-state index contributed by atoms with van der Waals surface area (Å²) in [6.07, 6.45) is -4.49. The Hall–Kier alpha value is -2.71. The van der Waals surface area contributed by atoms with Gasteiger partial charge in [0.25, 0.3) is 0 Å². The van der Waals surface area contributed by atoms with Crippen molar-refractivity contribution in [3.05, 3.63) is 34.2 Å². The summed E-state index contributed by atoms with van der Waals surface area (Å²) >= 11 is 0. The summed E-state index contributed by atoms with van der Waals surface area (Å²) in [5, 5.41) is 11.8. The molecule has 6 nitrogen and oxygen atoms in total. The van der Waals surface area contributed by atoms with Crippen LogP contribution in [0.1, 0.15) is 5.56 Å². The average molecular weight is 308 g/mol. The smallest absolute Gasteiger partial charge is 0.434 e. The van der Waals surface area contributed by atoms with Crippen LogP contribution in [-0.4, -0.2) is 14.5 Å². The summed E-state index contributed by atoms with van der Waals surface area (Å²) in [6, 6.07) is 3.15. The second kappa shape index (κ2) is 3.93. The minimum Gasteiger partial charge on any atom is -0.857 e. The van der Waals surface area contributed by atoms with Crippen LogP contribution in [0.15, 0.2) is 23.0 Å². The maximum absolute atomic E-state index is 12.8. The van der Waals surface area contributed by atoms with E-state index in [4.69, 9.17) is 0 Å². The van der Waals surface area contributed by atoms with Crippen LogP contribution in [-0.2, 0) is 19.3 Å². The number of nitrogens with zero attached hydrogens (tertiary/aromatic N) is 4. The fourth-order valence-electron chi connectivity index (χ4n) is 2.77. The number of hydrogen-bond acceptors (Lipinski definition) is 4. The van der Waals surface area contributed by atoms with Gasteiger partial charge in [0.05, 0.1) is 5.56 Å². The largest absolute Gasteiger partial charge is 0.857 e. The zero-order valence-electron chi connectivity index (χ0n) is 10.9. The van der Waals surface area contributed by atoms with E-state index in [0.29, 0.717) is 24.3 Å². The van der Waals surface area contributed by atoms with E-state index < -0.39 is 23.3 Å². The van der Waals surface area contributed by atoms with Gasteiger partial charge < -0.3 is 5.11 Å². The summed E-state index contributed by atoms with van der Waals surface area (Å²) < 4.78 is 41.3. The quantitative estimate of drug-likeness (QED) is 0.443. The van der Waals surface area contributed by atoms with Crippen molar-refractivity contribution in [1.29, 1.82) is 0 Å². The van der Waals surface area contributed by atoms with Gasteiger partial charge in [0.15, 0.2) is 11.0 Å². The Morgan fingerprint density at radius 2 is 2.05 bits per heavy atom. The van der Waals surface area contributed by atoms with E-state index in [1.54, 1.807) is 4.57 Å². The zero-order valence-corrected chi connectivity index (χ0v) is 10.9. The molecule has 3 aromatic rings. The Balaban J connectivity index is 2.17. The van der Waals surface area contributed by atoms with Crippen LogP contribution in [0.2, 0.25) is 0 Å². The van der Waals surface area contributed by atoms with E-state index in [-0.39, 0.29) is 11.0 Å². The standard InChI is InChI=1S/C13H7F3N4O2/c14-13(15,16)6-1-2-8-7(5-6)17-9-10(21)18-12(22)20-4-3-19(8)11(9)20/h1-2,5H,3-4H2. The summed E-state index contributed by atoms with van der Waals surface area (Å²) in [5.41, 5.74) is -0.811. The van der Waals surface area contributed by atoms with Crippen molar-refractivity contribution >= 4 is 22.2 Å². The lowest BCUT2D eigenvalue weighted by atomic mass is 10.2. The van der Waals surface area contributed by atoms with Gasteiger partial charge in [-0.1, -0.05) is 0 Å². The third-order valence-corrected chi connectivity index (χ3v) is 3.73. The van der Waals surface area contributed by atoms with E-state index >= 15 is 0 Å². The zero-order chi connectivity index (χ0) is 15.6. The molecule has 0 aliphatic carbocycles. The summed E-state index contributed by atoms with van der Waals surface area (Å²) in [6.45, 7) is 0.686. The average Bonchev–Trinajstić information content (AvgIpc) is 2.89. The lowest BCUT2D eigenvalue weighted by Gasteiger charge is -2.10. The number of halogens is 3. The van der Waals surface area contributed by atoms with Gasteiger partial charge in [0, 0.05) is 5.88 Å². The lowest BCUT2D eigenvalue weighted by Crippen LogP contribution is -2.34. The molecular formula is C13H7F3N4O2. The second-order valence-corrected chi connectivity index (χ2v) is 4.99. The minimum atomic E-state index is -4.49. The number of benzene rings is 1. The summed E-state index contributed by atoms with van der Waals surface area (Å²) in [4.78, 5) is 19.0. The second-order valence-electron chi connectivity index (χ2n) is 4.99. The number of aryl methyl sites for hydroxylation is 2. The van der Waals surface area contributed by atoms with E-state index in [1.807, 2.05) is 0 Å². The molecule has 0 saturated heterocycles. The van der Waals surface area contributed by atoms with E-state index in [1.165, 1.54) is 10.6 Å². The number of hydrogen-bond donors (Lipinski definition) is 0. The number of alkyl halides is 3. The first-order valence-corrected chi connectivity index (χ1v) is 6.38. The molecule has 0 saturated carbocycles. The van der Waals surface area contributed by atoms with Gasteiger partial charge in [-0.25, -0.2) is 14.3 Å². The van der Waals surface area contributed by atoms with Gasteiger partial charge in [-0.15, -0.1) is 0 Å². The Labute approximate surface area is 120 Å². The molecule has 0 unspecified atom stereocenters. The van der Waals surface area contributed by atoms with Crippen LogP contribution in [0.5, 0.6) is 5.88 Å². The SMILES string of the molecule is O=c1nc([O-])c2nc3cc(C(F)(F)F)ccc3[n+]3c2n1CC3. The first-order valence-electron chi connectivity index (χ1n) is 6.38. The highest BCUT2D eigenvalue weighted by Crippen LogP contribution is 2.31. The summed E-state index contributed by atoms with van der Waals surface area (Å²) in [7, 11) is 0. The van der Waals surface area contributed by atoms with Gasteiger partial charge in [-0.05, 0) is 18.2 Å². The third kappa shape index (κ3) is 1.62. The molecule has 0 atom stereocenters. The van der Waals surface area contributed by atoms with Crippen LogP contribution < -0.4 is 15.4 Å². The fourth-order valence-corrected chi connectivity index (χ4v) is 2.77. The van der Waals surface area contributed by atoms with E-state index in [9.17, 15) is 23.1 Å². The van der Waals surface area contributed by atoms with Gasteiger partial charge in [0.1, 0.15) is 18.6 Å². The Kier molecular flexibility index (Phi) is 2.32. The molecule has 0 radical (unpaired) electrons. The first kappa shape index (κ1) is 13.0. The molecule has 22 heavy (non-hydrogen) atoms. The Morgan fingerprint density at radius 3 is 2.77 bits per heavy atom. The third-order valence-electron chi connectivity index (χ3n) is 3.73. The van der Waals surface area contributed by atoms with Crippen LogP contribution >= 0.6 is 0 Å². The molecule has 0 bridgehead atoms. The van der Waals surface area contributed by atoms with Crippen molar-refractivity contribution in [2.75, 3.05) is 0 Å². The van der Waals surface area contributed by atoms with E-state index in [2.05, 4.69) is 9.97 Å². The normalized spacial score (nSPS) is 14.1. The minimum absolute atomic E-state index is 0.0494. The maximum Gasteiger partial charge on any atom is 0.434 e. The molecule has 0 fully saturated rings. The number of rotatable bonds is 0. The van der Waals surface area contributed by atoms with Crippen molar-refractivity contribution in [2.45, 2.75) is 19.3 Å². The Morgan fingerprint density at radius 1 is 1.27 bits per heavy atom. The van der Waals surface area contributed by atoms with Crippen LogP contribution in [0.25, 0.3) is 22.2 Å². The lowest BCUT2D eigenvalue weighted by molar-refractivity contribution is -0.637. The van der Waals surface area contributed by atoms with Gasteiger partial charge in [0.2, 0.25) is 0 Å². The van der Waals surface area contributed by atoms with E-state index in [0.717, 1.165) is 12.1 Å². The molecule has 9 heteroatoms. The van der Waals surface area contributed by atoms with Crippen molar-refractivity contribution in [3.8, 4) is 5.88 Å². The number of fused-ring (bicyclic) bond motifs is 2. The maximum atomic E-state index is 12.8. The van der Waals surface area contributed by atoms with Crippen LogP contribution in [0, 0.1) is 0 Å². The topological polar surface area (TPSA) is 74.7 Å². The monoisotopic (exact) mass is 308 g/mol. The molecule has 0 N–H and O–H groups in total. The summed E-state index contributed by atoms with van der Waals surface area (Å²) in [5.74, 6) is -0.828. The van der Waals surface area contributed by atoms with Crippen molar-refractivity contribution < 1.29 is 22.8 Å². The molecule has 1 aromatic carbocycles. The molecule has 0 amide bonds. The van der Waals surface area contributed by atoms with Crippen molar-refractivity contribution in [2.24, 2.45) is 0 Å². The molecular weight excluding hydrogens is 301 g/mol. The molecule has 0 spiro atoms. The highest BCUT2D eigenvalue weighted by Gasteiger charge is 2.33. The van der Waals surface area contributed by atoms with Gasteiger partial charge >= 0.3 is 17.5 Å². The van der Waals surface area contributed by atoms with Crippen LogP contribution in [0.3, 0.4) is 0 Å². The highest BCUT2D eigenvalue weighted by atomic mass is 19.4. The van der Waals surface area contributed by atoms with Crippen molar-refractivity contribution in [3.63, 3.8) is 0 Å². The van der Waals surface area contributed by atoms with Gasteiger partial charge in [-0.3, -0.25) is 0 Å². The molecule has 1 aliphatic rings. The van der Waals surface area contributed by atoms with Crippen molar-refractivity contribution in [1.82, 2.24) is 14.5 Å². The fraction of sp³-hybridized carbons (Fsp3) is 0.231. The molecule has 4 rings (SSSR count). The van der Waals surface area contributed by atoms with Crippen LogP contribution in [0.4, 0.5) is 13.2 Å². The molecule has 112 valence electrons. The predicted molar refractivity (Wildman–Crippen MR) is 65.9 cm³/mol. The number of aromatic nitrogens is 4. The first-order chi connectivity index (χ1) is 10.4.